The number of nitrogens with zero attached hydrogens (tertiary/aromatic N) is 1. The molecule has 0 radical (unpaired) electrons. The maximum Gasteiger partial charge on any atom is 0.418 e. The van der Waals surface area contributed by atoms with Gasteiger partial charge in [0.15, 0.2) is 5.60 Å². The van der Waals surface area contributed by atoms with E-state index in [1.54, 1.807) is 24.5 Å². The van der Waals surface area contributed by atoms with Crippen LogP contribution in [0.2, 0.25) is 0 Å². The van der Waals surface area contributed by atoms with Gasteiger partial charge in [0.1, 0.15) is 0 Å². The lowest BCUT2D eigenvalue weighted by Crippen LogP contribution is -2.49. The molecule has 154 valence electrons. The van der Waals surface area contributed by atoms with Gasteiger partial charge in [-0.05, 0) is 61.6 Å². The Morgan fingerprint density at radius 3 is 2.48 bits per heavy atom. The van der Waals surface area contributed by atoms with E-state index in [4.69, 9.17) is 0 Å². The lowest BCUT2D eigenvalue weighted by atomic mass is 9.94. The van der Waals surface area contributed by atoms with Gasteiger partial charge in [-0.15, -0.1) is 0 Å². The molecular weight excluding hydrogens is 397 g/mol. The lowest BCUT2D eigenvalue weighted by molar-refractivity contribution is -0.249. The summed E-state index contributed by atoms with van der Waals surface area (Å²) in [4.78, 5) is 4.51. The molecule has 3 nitrogen and oxygen atoms in total. The van der Waals surface area contributed by atoms with Crippen molar-refractivity contribution in [2.45, 2.75) is 32.0 Å². The van der Waals surface area contributed by atoms with Crippen LogP contribution in [0.5, 0.6) is 0 Å². The monoisotopic (exact) mass is 420 g/mol. The lowest BCUT2D eigenvalue weighted by Gasteiger charge is -2.30. The number of aromatic nitrogens is 1. The smallest absolute Gasteiger partial charge is 0.379 e. The maximum absolute atomic E-state index is 13.4. The second kappa shape index (κ2) is 8.24. The van der Waals surface area contributed by atoms with Crippen LogP contribution in [0.25, 0.3) is 10.9 Å². The van der Waals surface area contributed by atoms with E-state index >= 15 is 0 Å². The summed E-state index contributed by atoms with van der Waals surface area (Å²) in [5.74, 6) is -0.415. The first-order chi connectivity index (χ1) is 13.6. The number of fused-ring (bicyclic) bond motifs is 1. The highest BCUT2D eigenvalue weighted by Crippen LogP contribution is 2.36. The Labute approximate surface area is 172 Å². The summed E-state index contributed by atoms with van der Waals surface area (Å²) in [5.41, 5.74) is 1.82. The van der Waals surface area contributed by atoms with Gasteiger partial charge in [0.2, 0.25) is 0 Å². The fraction of sp³-hybridized carbons (Fsp3) is 0.318. The van der Waals surface area contributed by atoms with Crippen LogP contribution in [0.4, 0.5) is 24.5 Å². The summed E-state index contributed by atoms with van der Waals surface area (Å²) >= 11 is 0.975. The van der Waals surface area contributed by atoms with Crippen molar-refractivity contribution < 1.29 is 18.3 Å². The maximum atomic E-state index is 13.4. The van der Waals surface area contributed by atoms with E-state index in [0.29, 0.717) is 11.3 Å². The molecule has 0 aliphatic heterocycles. The van der Waals surface area contributed by atoms with Gasteiger partial charge in [0.25, 0.3) is 0 Å². The number of aryl methyl sites for hydroxylation is 2. The number of pyridine rings is 1. The molecule has 7 heteroatoms. The predicted octanol–water partition coefficient (Wildman–Crippen LogP) is 5.79. The van der Waals surface area contributed by atoms with Gasteiger partial charge in [0.05, 0.1) is 5.52 Å². The topological polar surface area (TPSA) is 45.1 Å². The summed E-state index contributed by atoms with van der Waals surface area (Å²) < 4.78 is 40.3. The van der Waals surface area contributed by atoms with Gasteiger partial charge in [-0.1, -0.05) is 18.2 Å². The molecule has 2 aromatic carbocycles. The minimum Gasteiger partial charge on any atom is -0.379 e. The standard InChI is InChI=1S/C22H23F3N2OS/c1-14-7-9-16(12-21(28,13-29-3)22(23,24)25)11-20(14)27-19-6-4-5-18-17(19)10-8-15(2)26-18/h4-11,27-28H,12-13H2,1-3H3. The van der Waals surface area contributed by atoms with Gasteiger partial charge in [-0.3, -0.25) is 4.98 Å². The number of hydrogen-bond donors (Lipinski definition) is 2. The first kappa shape index (κ1) is 21.5. The zero-order valence-electron chi connectivity index (χ0n) is 16.5. The summed E-state index contributed by atoms with van der Waals surface area (Å²) in [6, 6.07) is 14.7. The molecule has 3 rings (SSSR count). The van der Waals surface area contributed by atoms with Gasteiger partial charge in [-0.25, -0.2) is 0 Å². The third-order valence-electron chi connectivity index (χ3n) is 4.85. The molecule has 0 amide bonds. The Kier molecular flexibility index (Phi) is 6.10. The Morgan fingerprint density at radius 2 is 1.79 bits per heavy atom. The molecule has 1 atom stereocenters. The van der Waals surface area contributed by atoms with Crippen LogP contribution in [-0.2, 0) is 6.42 Å². The fourth-order valence-electron chi connectivity index (χ4n) is 3.23. The number of thioether (sulfide) groups is 1. The van der Waals surface area contributed by atoms with Crippen molar-refractivity contribution in [1.29, 1.82) is 0 Å². The minimum absolute atomic E-state index is 0.415. The van der Waals surface area contributed by atoms with E-state index in [2.05, 4.69) is 10.3 Å². The predicted molar refractivity (Wildman–Crippen MR) is 114 cm³/mol. The van der Waals surface area contributed by atoms with E-state index in [9.17, 15) is 18.3 Å². The minimum atomic E-state index is -4.70. The number of alkyl halides is 3. The van der Waals surface area contributed by atoms with Crippen LogP contribution < -0.4 is 5.32 Å². The zero-order valence-corrected chi connectivity index (χ0v) is 17.3. The number of anilines is 2. The van der Waals surface area contributed by atoms with Crippen molar-refractivity contribution in [2.75, 3.05) is 17.3 Å². The third kappa shape index (κ3) is 4.67. The molecule has 0 saturated heterocycles. The normalized spacial score (nSPS) is 14.0. The highest BCUT2D eigenvalue weighted by molar-refractivity contribution is 7.98. The Bertz CT molecular complexity index is 1020. The second-order valence-corrected chi connectivity index (χ2v) is 8.10. The SMILES string of the molecule is CSCC(O)(Cc1ccc(C)c(Nc2cccc3nc(C)ccc23)c1)C(F)(F)F. The van der Waals surface area contributed by atoms with Crippen LogP contribution in [-0.4, -0.2) is 33.9 Å². The average molecular weight is 421 g/mol. The first-order valence-electron chi connectivity index (χ1n) is 9.14. The highest BCUT2D eigenvalue weighted by Gasteiger charge is 2.53. The Morgan fingerprint density at radius 1 is 1.03 bits per heavy atom. The van der Waals surface area contributed by atoms with Crippen molar-refractivity contribution >= 4 is 34.0 Å². The van der Waals surface area contributed by atoms with Gasteiger partial charge in [0, 0.05) is 34.6 Å². The van der Waals surface area contributed by atoms with E-state index in [0.717, 1.165) is 39.6 Å². The molecule has 1 heterocycles. The molecule has 0 fully saturated rings. The van der Waals surface area contributed by atoms with E-state index < -0.39 is 24.0 Å². The van der Waals surface area contributed by atoms with E-state index in [1.807, 2.05) is 44.2 Å². The van der Waals surface area contributed by atoms with Crippen LogP contribution in [0.3, 0.4) is 0 Å². The van der Waals surface area contributed by atoms with Crippen LogP contribution in [0.15, 0.2) is 48.5 Å². The highest BCUT2D eigenvalue weighted by atomic mass is 32.2. The van der Waals surface area contributed by atoms with E-state index in [1.165, 1.54) is 0 Å². The number of aliphatic hydroxyl groups is 1. The molecule has 0 aliphatic rings. The Hall–Kier alpha value is -2.25. The molecule has 0 bridgehead atoms. The summed E-state index contributed by atoms with van der Waals surface area (Å²) in [5, 5.41) is 14.5. The first-order valence-corrected chi connectivity index (χ1v) is 10.5. The average Bonchev–Trinajstić information content (AvgIpc) is 2.63. The van der Waals surface area contributed by atoms with Crippen molar-refractivity contribution in [3.8, 4) is 0 Å². The van der Waals surface area contributed by atoms with Crippen molar-refractivity contribution in [2.24, 2.45) is 0 Å². The van der Waals surface area contributed by atoms with Gasteiger partial charge < -0.3 is 10.4 Å². The number of benzene rings is 2. The quantitative estimate of drug-likeness (QED) is 0.530. The summed E-state index contributed by atoms with van der Waals surface area (Å²) in [6.45, 7) is 3.81. The van der Waals surface area contributed by atoms with Crippen LogP contribution >= 0.6 is 11.8 Å². The number of hydrogen-bond acceptors (Lipinski definition) is 4. The van der Waals surface area contributed by atoms with Crippen molar-refractivity contribution in [3.63, 3.8) is 0 Å². The zero-order chi connectivity index (χ0) is 21.2. The summed E-state index contributed by atoms with van der Waals surface area (Å²) in [6.07, 6.45) is -3.65. The number of rotatable bonds is 6. The van der Waals surface area contributed by atoms with Crippen molar-refractivity contribution in [3.05, 3.63) is 65.4 Å². The molecule has 1 unspecified atom stereocenters. The summed E-state index contributed by atoms with van der Waals surface area (Å²) in [7, 11) is 0. The molecule has 1 aromatic heterocycles. The largest absolute Gasteiger partial charge is 0.418 e. The fourth-order valence-corrected chi connectivity index (χ4v) is 3.98. The number of nitrogens with one attached hydrogen (secondary N) is 1. The molecule has 0 saturated carbocycles. The molecule has 29 heavy (non-hydrogen) atoms. The Balaban J connectivity index is 1.94. The van der Waals surface area contributed by atoms with Gasteiger partial charge >= 0.3 is 6.18 Å². The molecule has 0 spiro atoms. The molecule has 3 aromatic rings. The van der Waals surface area contributed by atoms with Gasteiger partial charge in [-0.2, -0.15) is 24.9 Å². The molecule has 0 aliphatic carbocycles. The van der Waals surface area contributed by atoms with Crippen LogP contribution in [0.1, 0.15) is 16.8 Å². The third-order valence-corrected chi connectivity index (χ3v) is 5.62. The second-order valence-electron chi connectivity index (χ2n) is 7.24. The number of halogens is 3. The van der Waals surface area contributed by atoms with Crippen molar-refractivity contribution in [1.82, 2.24) is 4.98 Å². The van der Waals surface area contributed by atoms with Crippen LogP contribution in [0, 0.1) is 13.8 Å². The van der Waals surface area contributed by atoms with E-state index in [-0.39, 0.29) is 0 Å². The molecular formula is C22H23F3N2OS. The molecule has 2 N–H and O–H groups in total.